The Morgan fingerprint density at radius 3 is 2.76 bits per heavy atom. The molecule has 0 spiro atoms. The van der Waals surface area contributed by atoms with Crippen molar-refractivity contribution in [2.45, 2.75) is 12.7 Å². The van der Waals surface area contributed by atoms with E-state index in [-0.39, 0.29) is 11.5 Å². The van der Waals surface area contributed by atoms with Crippen molar-refractivity contribution in [3.05, 3.63) is 30.6 Å². The standard InChI is InChI=1S/C10H9F3N8/c11-10(12,13)9-18-17-8-2-1-7(19-21(8)9)15-3-4-20-6-14-5-16-20/h1-2,5-6H,3-4H2,(H,15,19). The number of fused-ring (bicyclic) bond motifs is 1. The number of anilines is 1. The molecule has 3 heterocycles. The second-order valence-corrected chi connectivity index (χ2v) is 4.10. The number of halogens is 3. The van der Waals surface area contributed by atoms with Crippen LogP contribution in [0.3, 0.4) is 0 Å². The van der Waals surface area contributed by atoms with Crippen molar-refractivity contribution in [1.82, 2.24) is 34.6 Å². The van der Waals surface area contributed by atoms with Gasteiger partial charge in [0.05, 0.1) is 6.54 Å². The number of hydrogen-bond donors (Lipinski definition) is 1. The van der Waals surface area contributed by atoms with Crippen molar-refractivity contribution < 1.29 is 13.2 Å². The summed E-state index contributed by atoms with van der Waals surface area (Å²) in [6.45, 7) is 0.944. The Bertz CT molecular complexity index is 732. The summed E-state index contributed by atoms with van der Waals surface area (Å²) in [5.74, 6) is -0.870. The van der Waals surface area contributed by atoms with Crippen molar-refractivity contribution in [1.29, 1.82) is 0 Å². The Labute approximate surface area is 115 Å². The van der Waals surface area contributed by atoms with E-state index in [2.05, 4.69) is 30.7 Å². The van der Waals surface area contributed by atoms with Crippen LogP contribution in [0.25, 0.3) is 5.65 Å². The molecule has 0 atom stereocenters. The average Bonchev–Trinajstić information content (AvgIpc) is 3.05. The van der Waals surface area contributed by atoms with Gasteiger partial charge in [-0.25, -0.2) is 4.98 Å². The Morgan fingerprint density at radius 1 is 1.19 bits per heavy atom. The van der Waals surface area contributed by atoms with E-state index in [4.69, 9.17) is 0 Å². The fourth-order valence-electron chi connectivity index (χ4n) is 1.71. The molecular weight excluding hydrogens is 289 g/mol. The van der Waals surface area contributed by atoms with Gasteiger partial charge in [-0.2, -0.15) is 22.8 Å². The lowest BCUT2D eigenvalue weighted by Gasteiger charge is -2.07. The first kappa shape index (κ1) is 13.3. The van der Waals surface area contributed by atoms with Gasteiger partial charge in [-0.1, -0.05) is 0 Å². The van der Waals surface area contributed by atoms with Gasteiger partial charge >= 0.3 is 6.18 Å². The van der Waals surface area contributed by atoms with E-state index in [0.717, 1.165) is 0 Å². The second kappa shape index (κ2) is 5.00. The Kier molecular flexibility index (Phi) is 3.16. The van der Waals surface area contributed by atoms with Crippen molar-refractivity contribution >= 4 is 11.5 Å². The van der Waals surface area contributed by atoms with Crippen LogP contribution >= 0.6 is 0 Å². The largest absolute Gasteiger partial charge is 0.453 e. The number of alkyl halides is 3. The highest BCUT2D eigenvalue weighted by Gasteiger charge is 2.37. The summed E-state index contributed by atoms with van der Waals surface area (Å²) >= 11 is 0. The van der Waals surface area contributed by atoms with Crippen LogP contribution in [0, 0.1) is 0 Å². The molecule has 3 rings (SSSR count). The van der Waals surface area contributed by atoms with Crippen molar-refractivity contribution in [3.8, 4) is 0 Å². The minimum Gasteiger partial charge on any atom is -0.367 e. The highest BCUT2D eigenvalue weighted by Crippen LogP contribution is 2.27. The summed E-state index contributed by atoms with van der Waals surface area (Å²) in [7, 11) is 0. The van der Waals surface area contributed by atoms with Gasteiger partial charge in [-0.05, 0) is 12.1 Å². The quantitative estimate of drug-likeness (QED) is 0.768. The summed E-state index contributed by atoms with van der Waals surface area (Å²) in [4.78, 5) is 3.78. The van der Waals surface area contributed by atoms with Gasteiger partial charge in [0.2, 0.25) is 0 Å². The van der Waals surface area contributed by atoms with E-state index >= 15 is 0 Å². The normalized spacial score (nSPS) is 12.0. The molecule has 0 bridgehead atoms. The van der Waals surface area contributed by atoms with Gasteiger partial charge in [0.1, 0.15) is 18.5 Å². The molecule has 0 unspecified atom stereocenters. The third-order valence-corrected chi connectivity index (χ3v) is 2.63. The molecule has 0 fully saturated rings. The lowest BCUT2D eigenvalue weighted by atomic mass is 10.5. The third-order valence-electron chi connectivity index (χ3n) is 2.63. The van der Waals surface area contributed by atoms with E-state index in [0.29, 0.717) is 17.6 Å². The first-order valence-electron chi connectivity index (χ1n) is 5.90. The molecule has 110 valence electrons. The Hall–Kier alpha value is -2.72. The highest BCUT2D eigenvalue weighted by atomic mass is 19.4. The second-order valence-electron chi connectivity index (χ2n) is 4.10. The molecule has 0 saturated heterocycles. The molecule has 0 aromatic carbocycles. The smallest absolute Gasteiger partial charge is 0.367 e. The lowest BCUT2D eigenvalue weighted by Crippen LogP contribution is -2.15. The van der Waals surface area contributed by atoms with Crippen molar-refractivity contribution in [2.75, 3.05) is 11.9 Å². The fourth-order valence-corrected chi connectivity index (χ4v) is 1.71. The molecule has 0 radical (unpaired) electrons. The maximum absolute atomic E-state index is 12.7. The summed E-state index contributed by atoms with van der Waals surface area (Å²) in [5.41, 5.74) is 0.0316. The zero-order valence-corrected chi connectivity index (χ0v) is 10.5. The molecule has 3 aromatic heterocycles. The lowest BCUT2D eigenvalue weighted by molar-refractivity contribution is -0.146. The van der Waals surface area contributed by atoms with Crippen LogP contribution in [0.5, 0.6) is 0 Å². The summed E-state index contributed by atoms with van der Waals surface area (Å²) in [6, 6.07) is 2.94. The summed E-state index contributed by atoms with van der Waals surface area (Å²) in [6.07, 6.45) is -1.66. The maximum atomic E-state index is 12.7. The van der Waals surface area contributed by atoms with Gasteiger partial charge < -0.3 is 5.32 Å². The number of hydrogen-bond acceptors (Lipinski definition) is 6. The van der Waals surface area contributed by atoms with Gasteiger partial charge in [0, 0.05) is 6.54 Å². The van der Waals surface area contributed by atoms with Crippen molar-refractivity contribution in [2.24, 2.45) is 0 Å². The van der Waals surface area contributed by atoms with Crippen LogP contribution in [-0.2, 0) is 12.7 Å². The van der Waals surface area contributed by atoms with Crippen LogP contribution in [0.15, 0.2) is 24.8 Å². The third kappa shape index (κ3) is 2.75. The van der Waals surface area contributed by atoms with Crippen LogP contribution in [-0.4, -0.2) is 41.1 Å². The van der Waals surface area contributed by atoms with E-state index in [9.17, 15) is 13.2 Å². The number of nitrogens with one attached hydrogen (secondary N) is 1. The zero-order valence-electron chi connectivity index (χ0n) is 10.5. The average molecular weight is 298 g/mol. The number of aromatic nitrogens is 7. The van der Waals surface area contributed by atoms with E-state index in [1.807, 2.05) is 0 Å². The molecule has 0 amide bonds. The number of nitrogens with zero attached hydrogens (tertiary/aromatic N) is 7. The molecule has 21 heavy (non-hydrogen) atoms. The molecule has 8 nitrogen and oxygen atoms in total. The first-order valence-corrected chi connectivity index (χ1v) is 5.90. The fraction of sp³-hybridized carbons (Fsp3) is 0.300. The van der Waals surface area contributed by atoms with E-state index < -0.39 is 12.0 Å². The highest BCUT2D eigenvalue weighted by molar-refractivity contribution is 5.44. The van der Waals surface area contributed by atoms with Gasteiger partial charge in [0.15, 0.2) is 5.65 Å². The van der Waals surface area contributed by atoms with E-state index in [1.54, 1.807) is 11.0 Å². The van der Waals surface area contributed by atoms with Gasteiger partial charge in [0.25, 0.3) is 5.82 Å². The molecule has 0 aliphatic heterocycles. The molecule has 0 aliphatic rings. The molecule has 1 N–H and O–H groups in total. The zero-order chi connectivity index (χ0) is 14.9. The van der Waals surface area contributed by atoms with Gasteiger partial charge in [-0.3, -0.25) is 4.68 Å². The van der Waals surface area contributed by atoms with Crippen LogP contribution in [0.4, 0.5) is 19.0 Å². The summed E-state index contributed by atoms with van der Waals surface area (Å²) < 4.78 is 40.4. The molecule has 0 saturated carbocycles. The van der Waals surface area contributed by atoms with Crippen LogP contribution in [0.1, 0.15) is 5.82 Å². The minimum atomic E-state index is -4.61. The van der Waals surface area contributed by atoms with Gasteiger partial charge in [-0.15, -0.1) is 15.3 Å². The maximum Gasteiger partial charge on any atom is 0.453 e. The SMILES string of the molecule is FC(F)(F)c1nnc2ccc(NCCn3cncn3)nn12. The topological polar surface area (TPSA) is 85.8 Å². The predicted octanol–water partition coefficient (Wildman–Crippen LogP) is 0.847. The molecule has 11 heteroatoms. The first-order chi connectivity index (χ1) is 10.0. The molecule has 3 aromatic rings. The predicted molar refractivity (Wildman–Crippen MR) is 64.3 cm³/mol. The van der Waals surface area contributed by atoms with Crippen molar-refractivity contribution in [3.63, 3.8) is 0 Å². The van der Waals surface area contributed by atoms with Crippen LogP contribution in [0.2, 0.25) is 0 Å². The monoisotopic (exact) mass is 298 g/mol. The summed E-state index contributed by atoms with van der Waals surface area (Å²) in [5, 5.41) is 17.2. The molecule has 0 aliphatic carbocycles. The minimum absolute atomic E-state index is 0.0316. The Balaban J connectivity index is 1.77. The number of rotatable bonds is 4. The van der Waals surface area contributed by atoms with Crippen LogP contribution < -0.4 is 5.32 Å². The Morgan fingerprint density at radius 2 is 2.05 bits per heavy atom. The molecular formula is C10H9F3N8. The van der Waals surface area contributed by atoms with E-state index in [1.165, 1.54) is 18.5 Å².